The summed E-state index contributed by atoms with van der Waals surface area (Å²) < 4.78 is 1.05. The number of nitrogen functional groups attached to an aromatic ring is 1. The Morgan fingerprint density at radius 1 is 1.17 bits per heavy atom. The predicted octanol–water partition coefficient (Wildman–Crippen LogP) is 4.19. The number of thiophene rings is 1. The normalized spacial score (nSPS) is 10.9. The Labute approximate surface area is 121 Å². The second-order valence-corrected chi connectivity index (χ2v) is 6.34. The van der Waals surface area contributed by atoms with Gasteiger partial charge in [0.1, 0.15) is 9.86 Å². The van der Waals surface area contributed by atoms with Crippen molar-refractivity contribution in [1.29, 1.82) is 0 Å². The van der Waals surface area contributed by atoms with E-state index in [-0.39, 0.29) is 0 Å². The Morgan fingerprint density at radius 3 is 2.83 bits per heavy atom. The molecule has 0 atom stereocenters. The van der Waals surface area contributed by atoms with E-state index in [2.05, 4.69) is 25.9 Å². The monoisotopic (exact) mass is 337 g/mol. The number of nitrogens with two attached hydrogens (primary N) is 1. The predicted molar refractivity (Wildman–Crippen MR) is 80.1 cm³/mol. The van der Waals surface area contributed by atoms with Crippen LogP contribution in [0.1, 0.15) is 0 Å². The third kappa shape index (κ3) is 2.23. The van der Waals surface area contributed by atoms with Crippen molar-refractivity contribution in [1.82, 2.24) is 9.97 Å². The van der Waals surface area contributed by atoms with E-state index in [1.807, 2.05) is 35.7 Å². The SMILES string of the molecule is Nc1nc(Sc2ccccc2Br)c2ccsc2n1. The second kappa shape index (κ2) is 4.87. The minimum atomic E-state index is 0.319. The summed E-state index contributed by atoms with van der Waals surface area (Å²) >= 11 is 6.70. The smallest absolute Gasteiger partial charge is 0.222 e. The van der Waals surface area contributed by atoms with Gasteiger partial charge in [0.05, 0.1) is 0 Å². The highest BCUT2D eigenvalue weighted by molar-refractivity contribution is 9.10. The van der Waals surface area contributed by atoms with Crippen LogP contribution in [0.25, 0.3) is 10.2 Å². The maximum Gasteiger partial charge on any atom is 0.222 e. The lowest BCUT2D eigenvalue weighted by Crippen LogP contribution is -1.95. The quantitative estimate of drug-likeness (QED) is 0.712. The van der Waals surface area contributed by atoms with E-state index in [0.717, 1.165) is 24.6 Å². The summed E-state index contributed by atoms with van der Waals surface area (Å²) in [5.74, 6) is 0.319. The summed E-state index contributed by atoms with van der Waals surface area (Å²) in [6, 6.07) is 10.1. The lowest BCUT2D eigenvalue weighted by molar-refractivity contribution is 1.12. The second-order valence-electron chi connectivity index (χ2n) is 3.56. The van der Waals surface area contributed by atoms with E-state index in [1.54, 1.807) is 23.1 Å². The molecule has 0 aliphatic carbocycles. The van der Waals surface area contributed by atoms with Crippen LogP contribution in [0.2, 0.25) is 0 Å². The molecule has 2 N–H and O–H groups in total. The number of benzene rings is 1. The molecule has 0 unspecified atom stereocenters. The third-order valence-corrected chi connectivity index (χ3v) is 5.19. The minimum Gasteiger partial charge on any atom is -0.368 e. The van der Waals surface area contributed by atoms with Gasteiger partial charge in [-0.1, -0.05) is 23.9 Å². The molecule has 6 heteroatoms. The van der Waals surface area contributed by atoms with Crippen LogP contribution in [0.15, 0.2) is 50.1 Å². The van der Waals surface area contributed by atoms with E-state index >= 15 is 0 Å². The van der Waals surface area contributed by atoms with E-state index in [9.17, 15) is 0 Å². The lowest BCUT2D eigenvalue weighted by atomic mass is 10.4. The van der Waals surface area contributed by atoms with E-state index in [0.29, 0.717) is 5.95 Å². The molecular weight excluding hydrogens is 330 g/mol. The molecule has 1 aromatic carbocycles. The van der Waals surface area contributed by atoms with Crippen molar-refractivity contribution in [3.05, 3.63) is 40.2 Å². The van der Waals surface area contributed by atoms with Gasteiger partial charge in [-0.3, -0.25) is 0 Å². The number of nitrogens with zero attached hydrogens (tertiary/aromatic N) is 2. The zero-order chi connectivity index (χ0) is 12.5. The van der Waals surface area contributed by atoms with Gasteiger partial charge in [0.15, 0.2) is 0 Å². The van der Waals surface area contributed by atoms with Crippen LogP contribution in [0.5, 0.6) is 0 Å². The zero-order valence-electron chi connectivity index (χ0n) is 9.13. The highest BCUT2D eigenvalue weighted by Crippen LogP contribution is 2.37. The Balaban J connectivity index is 2.10. The van der Waals surface area contributed by atoms with Gasteiger partial charge in [0.25, 0.3) is 0 Å². The molecular formula is C12H8BrN3S2. The van der Waals surface area contributed by atoms with Gasteiger partial charge in [-0.25, -0.2) is 9.97 Å². The molecule has 3 nitrogen and oxygen atoms in total. The van der Waals surface area contributed by atoms with Gasteiger partial charge in [-0.2, -0.15) is 0 Å². The van der Waals surface area contributed by atoms with Crippen molar-refractivity contribution in [2.45, 2.75) is 9.92 Å². The molecule has 0 amide bonds. The molecule has 2 aromatic heterocycles. The van der Waals surface area contributed by atoms with Crippen LogP contribution in [-0.4, -0.2) is 9.97 Å². The van der Waals surface area contributed by atoms with Crippen LogP contribution in [0.4, 0.5) is 5.95 Å². The molecule has 0 saturated heterocycles. The van der Waals surface area contributed by atoms with Crippen molar-refractivity contribution in [3.8, 4) is 0 Å². The first-order valence-corrected chi connectivity index (χ1v) is 7.66. The summed E-state index contributed by atoms with van der Waals surface area (Å²) in [6.45, 7) is 0. The number of halogens is 1. The Kier molecular flexibility index (Phi) is 3.23. The Hall–Kier alpha value is -1.11. The van der Waals surface area contributed by atoms with Crippen molar-refractivity contribution in [3.63, 3.8) is 0 Å². The van der Waals surface area contributed by atoms with Gasteiger partial charge in [0.2, 0.25) is 5.95 Å². The standard InChI is InChI=1S/C12H8BrN3S2/c13-8-3-1-2-4-9(8)18-11-7-5-6-17-10(7)15-12(14)16-11/h1-6H,(H2,14,15,16). The zero-order valence-corrected chi connectivity index (χ0v) is 12.3. The van der Waals surface area contributed by atoms with Gasteiger partial charge < -0.3 is 5.73 Å². The Bertz CT molecular complexity index is 711. The van der Waals surface area contributed by atoms with Gasteiger partial charge in [-0.15, -0.1) is 11.3 Å². The largest absolute Gasteiger partial charge is 0.368 e. The molecule has 0 fully saturated rings. The number of rotatable bonds is 2. The molecule has 0 aliphatic heterocycles. The third-order valence-electron chi connectivity index (χ3n) is 2.35. The fourth-order valence-corrected chi connectivity index (χ4v) is 3.85. The molecule has 3 rings (SSSR count). The fourth-order valence-electron chi connectivity index (χ4n) is 1.55. The summed E-state index contributed by atoms with van der Waals surface area (Å²) in [7, 11) is 0. The summed E-state index contributed by atoms with van der Waals surface area (Å²) in [6.07, 6.45) is 0. The summed E-state index contributed by atoms with van der Waals surface area (Å²) in [4.78, 5) is 10.6. The molecule has 18 heavy (non-hydrogen) atoms. The number of fused-ring (bicyclic) bond motifs is 1. The first-order chi connectivity index (χ1) is 8.74. The van der Waals surface area contributed by atoms with Crippen LogP contribution >= 0.6 is 39.0 Å². The number of anilines is 1. The van der Waals surface area contributed by atoms with E-state index in [1.165, 1.54) is 0 Å². The molecule has 0 bridgehead atoms. The first-order valence-electron chi connectivity index (χ1n) is 5.17. The molecule has 2 heterocycles. The first kappa shape index (κ1) is 12.0. The van der Waals surface area contributed by atoms with Crippen LogP contribution in [-0.2, 0) is 0 Å². The van der Waals surface area contributed by atoms with E-state index in [4.69, 9.17) is 5.73 Å². The summed E-state index contributed by atoms with van der Waals surface area (Å²) in [5, 5.41) is 3.95. The van der Waals surface area contributed by atoms with Crippen molar-refractivity contribution >= 4 is 55.2 Å². The van der Waals surface area contributed by atoms with Gasteiger partial charge in [0, 0.05) is 14.8 Å². The minimum absolute atomic E-state index is 0.319. The topological polar surface area (TPSA) is 51.8 Å². The van der Waals surface area contributed by atoms with Crippen LogP contribution < -0.4 is 5.73 Å². The fraction of sp³-hybridized carbons (Fsp3) is 0. The number of hydrogen-bond donors (Lipinski definition) is 1. The molecule has 90 valence electrons. The van der Waals surface area contributed by atoms with Gasteiger partial charge in [-0.05, 0) is 39.5 Å². The van der Waals surface area contributed by atoms with Crippen LogP contribution in [0.3, 0.4) is 0 Å². The van der Waals surface area contributed by atoms with Crippen molar-refractivity contribution in [2.75, 3.05) is 5.73 Å². The summed E-state index contributed by atoms with van der Waals surface area (Å²) in [5.41, 5.74) is 5.73. The van der Waals surface area contributed by atoms with Crippen molar-refractivity contribution < 1.29 is 0 Å². The molecule has 0 aliphatic rings. The average Bonchev–Trinajstić information content (AvgIpc) is 2.80. The van der Waals surface area contributed by atoms with Crippen molar-refractivity contribution in [2.24, 2.45) is 0 Å². The number of hydrogen-bond acceptors (Lipinski definition) is 5. The maximum absolute atomic E-state index is 5.73. The lowest BCUT2D eigenvalue weighted by Gasteiger charge is -2.05. The van der Waals surface area contributed by atoms with Crippen LogP contribution in [0, 0.1) is 0 Å². The Morgan fingerprint density at radius 2 is 2.00 bits per heavy atom. The van der Waals surface area contributed by atoms with Gasteiger partial charge >= 0.3 is 0 Å². The number of aromatic nitrogens is 2. The average molecular weight is 338 g/mol. The molecule has 0 spiro atoms. The highest BCUT2D eigenvalue weighted by Gasteiger charge is 2.10. The maximum atomic E-state index is 5.73. The molecule has 3 aromatic rings. The molecule has 0 radical (unpaired) electrons. The highest BCUT2D eigenvalue weighted by atomic mass is 79.9. The van der Waals surface area contributed by atoms with E-state index < -0.39 is 0 Å². The molecule has 0 saturated carbocycles.